The van der Waals surface area contributed by atoms with Gasteiger partial charge in [0.25, 0.3) is 0 Å². The molecule has 0 bridgehead atoms. The maximum atomic E-state index is 12.3. The van der Waals surface area contributed by atoms with Crippen LogP contribution in [0.2, 0.25) is 0 Å². The Bertz CT molecular complexity index is 828. The van der Waals surface area contributed by atoms with Gasteiger partial charge in [0.1, 0.15) is 0 Å². The molecule has 1 heterocycles. The van der Waals surface area contributed by atoms with Crippen molar-refractivity contribution < 1.29 is 4.79 Å². The van der Waals surface area contributed by atoms with Crippen LogP contribution >= 0.6 is 23.1 Å². The number of aryl methyl sites for hydroxylation is 1. The number of benzene rings is 2. The highest BCUT2D eigenvalue weighted by atomic mass is 32.2. The minimum Gasteiger partial charge on any atom is -0.341 e. The Balaban J connectivity index is 1.54. The third-order valence-corrected chi connectivity index (χ3v) is 5.84. The standard InChI is InChI=1S/C20H20N2OS2/c1-15-8-10-17(11-9-15)18-13-24-20(21-18)25-14-19(23)22(2)12-16-6-4-3-5-7-16/h3-11,13H,12,14H2,1-2H3. The molecule has 1 aromatic heterocycles. The molecule has 0 spiro atoms. The lowest BCUT2D eigenvalue weighted by atomic mass is 10.1. The summed E-state index contributed by atoms with van der Waals surface area (Å²) in [7, 11) is 1.84. The number of thioether (sulfide) groups is 1. The molecule has 0 fully saturated rings. The number of hydrogen-bond donors (Lipinski definition) is 0. The lowest BCUT2D eigenvalue weighted by molar-refractivity contribution is -0.127. The highest BCUT2D eigenvalue weighted by molar-refractivity contribution is 8.01. The molecule has 0 aliphatic rings. The maximum absolute atomic E-state index is 12.3. The molecule has 3 rings (SSSR count). The van der Waals surface area contributed by atoms with Crippen LogP contribution in [-0.4, -0.2) is 28.6 Å². The molecule has 128 valence electrons. The molecule has 5 heteroatoms. The largest absolute Gasteiger partial charge is 0.341 e. The average Bonchev–Trinajstić information content (AvgIpc) is 3.10. The Morgan fingerprint density at radius 1 is 1.12 bits per heavy atom. The van der Waals surface area contributed by atoms with E-state index in [2.05, 4.69) is 36.2 Å². The summed E-state index contributed by atoms with van der Waals surface area (Å²) in [6.07, 6.45) is 0. The number of thiazole rings is 1. The molecule has 0 aliphatic heterocycles. The molecule has 0 saturated heterocycles. The maximum Gasteiger partial charge on any atom is 0.233 e. The topological polar surface area (TPSA) is 33.2 Å². The van der Waals surface area contributed by atoms with E-state index in [-0.39, 0.29) is 5.91 Å². The molecule has 0 atom stereocenters. The van der Waals surface area contributed by atoms with Gasteiger partial charge in [0.2, 0.25) is 5.91 Å². The summed E-state index contributed by atoms with van der Waals surface area (Å²) >= 11 is 3.09. The van der Waals surface area contributed by atoms with Crippen molar-refractivity contribution in [2.75, 3.05) is 12.8 Å². The fourth-order valence-electron chi connectivity index (χ4n) is 2.36. The van der Waals surface area contributed by atoms with Crippen molar-refractivity contribution in [2.24, 2.45) is 0 Å². The average molecular weight is 369 g/mol. The Kier molecular flexibility index (Phi) is 5.89. The third-order valence-electron chi connectivity index (χ3n) is 3.84. The van der Waals surface area contributed by atoms with Gasteiger partial charge < -0.3 is 4.90 Å². The van der Waals surface area contributed by atoms with Crippen molar-refractivity contribution in [1.29, 1.82) is 0 Å². The molecule has 0 N–H and O–H groups in total. The van der Waals surface area contributed by atoms with Crippen molar-refractivity contribution >= 4 is 29.0 Å². The van der Waals surface area contributed by atoms with E-state index in [4.69, 9.17) is 0 Å². The third kappa shape index (κ3) is 4.94. The lowest BCUT2D eigenvalue weighted by Gasteiger charge is -2.16. The van der Waals surface area contributed by atoms with E-state index in [1.165, 1.54) is 17.3 Å². The number of nitrogens with zero attached hydrogens (tertiary/aromatic N) is 2. The van der Waals surface area contributed by atoms with Gasteiger partial charge in [-0.15, -0.1) is 11.3 Å². The Morgan fingerprint density at radius 2 is 1.84 bits per heavy atom. The fourth-order valence-corrected chi connectivity index (χ4v) is 4.14. The second-order valence-corrected chi connectivity index (χ2v) is 7.97. The van der Waals surface area contributed by atoms with Gasteiger partial charge in [-0.05, 0) is 12.5 Å². The van der Waals surface area contributed by atoms with Crippen LogP contribution in [0.1, 0.15) is 11.1 Å². The first-order valence-electron chi connectivity index (χ1n) is 8.05. The van der Waals surface area contributed by atoms with Crippen LogP contribution in [0.4, 0.5) is 0 Å². The van der Waals surface area contributed by atoms with Crippen LogP contribution < -0.4 is 0 Å². The summed E-state index contributed by atoms with van der Waals surface area (Å²) in [6.45, 7) is 2.70. The normalized spacial score (nSPS) is 10.6. The van der Waals surface area contributed by atoms with E-state index in [1.54, 1.807) is 16.2 Å². The van der Waals surface area contributed by atoms with Crippen LogP contribution in [0.5, 0.6) is 0 Å². The first kappa shape index (κ1) is 17.7. The van der Waals surface area contributed by atoms with E-state index in [9.17, 15) is 4.79 Å². The van der Waals surface area contributed by atoms with E-state index in [0.29, 0.717) is 12.3 Å². The Labute approximate surface area is 156 Å². The second kappa shape index (κ2) is 8.32. The molecule has 0 aliphatic carbocycles. The van der Waals surface area contributed by atoms with Crippen molar-refractivity contribution in [3.63, 3.8) is 0 Å². The van der Waals surface area contributed by atoms with E-state index in [0.717, 1.165) is 21.2 Å². The zero-order valence-corrected chi connectivity index (χ0v) is 15.9. The van der Waals surface area contributed by atoms with Gasteiger partial charge in [0, 0.05) is 24.5 Å². The Hall–Kier alpha value is -2.11. The number of carbonyl (C=O) groups is 1. The summed E-state index contributed by atoms with van der Waals surface area (Å²) in [5.74, 6) is 0.519. The first-order valence-corrected chi connectivity index (χ1v) is 9.91. The van der Waals surface area contributed by atoms with Gasteiger partial charge in [0.15, 0.2) is 4.34 Å². The van der Waals surface area contributed by atoms with E-state index >= 15 is 0 Å². The number of amides is 1. The lowest BCUT2D eigenvalue weighted by Crippen LogP contribution is -2.27. The molecule has 2 aromatic carbocycles. The highest BCUT2D eigenvalue weighted by Crippen LogP contribution is 2.28. The molecule has 0 unspecified atom stereocenters. The van der Waals surface area contributed by atoms with Crippen LogP contribution in [0.3, 0.4) is 0 Å². The SMILES string of the molecule is Cc1ccc(-c2csc(SCC(=O)N(C)Cc3ccccc3)n2)cc1. The van der Waals surface area contributed by atoms with Crippen LogP contribution in [-0.2, 0) is 11.3 Å². The van der Waals surface area contributed by atoms with Crippen LogP contribution in [0, 0.1) is 6.92 Å². The molecule has 0 saturated carbocycles. The summed E-state index contributed by atoms with van der Waals surface area (Å²) in [5.41, 5.74) is 4.46. The number of carbonyl (C=O) groups excluding carboxylic acids is 1. The minimum atomic E-state index is 0.112. The predicted octanol–water partition coefficient (Wildman–Crippen LogP) is 4.87. The van der Waals surface area contributed by atoms with Crippen molar-refractivity contribution in [1.82, 2.24) is 9.88 Å². The van der Waals surface area contributed by atoms with Gasteiger partial charge in [-0.1, -0.05) is 71.9 Å². The predicted molar refractivity (Wildman–Crippen MR) is 106 cm³/mol. The van der Waals surface area contributed by atoms with Gasteiger partial charge in [0.05, 0.1) is 11.4 Å². The molecule has 3 nitrogen and oxygen atoms in total. The van der Waals surface area contributed by atoms with Crippen molar-refractivity contribution in [2.45, 2.75) is 17.8 Å². The first-order chi connectivity index (χ1) is 12.1. The van der Waals surface area contributed by atoms with Crippen LogP contribution in [0.25, 0.3) is 11.3 Å². The molecule has 0 radical (unpaired) electrons. The number of aromatic nitrogens is 1. The van der Waals surface area contributed by atoms with Crippen molar-refractivity contribution in [3.05, 3.63) is 71.1 Å². The molecular weight excluding hydrogens is 348 g/mol. The van der Waals surface area contributed by atoms with Crippen molar-refractivity contribution in [3.8, 4) is 11.3 Å². The highest BCUT2D eigenvalue weighted by Gasteiger charge is 2.12. The second-order valence-electron chi connectivity index (χ2n) is 5.89. The van der Waals surface area contributed by atoms with Gasteiger partial charge in [-0.25, -0.2) is 4.98 Å². The zero-order chi connectivity index (χ0) is 17.6. The zero-order valence-electron chi connectivity index (χ0n) is 14.3. The van der Waals surface area contributed by atoms with Gasteiger partial charge in [-0.3, -0.25) is 4.79 Å². The number of rotatable bonds is 6. The molecular formula is C20H20N2OS2. The van der Waals surface area contributed by atoms with E-state index < -0.39 is 0 Å². The smallest absolute Gasteiger partial charge is 0.233 e. The molecule has 3 aromatic rings. The molecule has 25 heavy (non-hydrogen) atoms. The fraction of sp³-hybridized carbons (Fsp3) is 0.200. The monoisotopic (exact) mass is 368 g/mol. The molecule has 1 amide bonds. The van der Waals surface area contributed by atoms with Gasteiger partial charge >= 0.3 is 0 Å². The summed E-state index contributed by atoms with van der Waals surface area (Å²) in [6, 6.07) is 18.4. The summed E-state index contributed by atoms with van der Waals surface area (Å²) in [5, 5.41) is 2.05. The Morgan fingerprint density at radius 3 is 2.56 bits per heavy atom. The van der Waals surface area contributed by atoms with Crippen LogP contribution in [0.15, 0.2) is 64.3 Å². The summed E-state index contributed by atoms with van der Waals surface area (Å²) in [4.78, 5) is 18.7. The minimum absolute atomic E-state index is 0.112. The summed E-state index contributed by atoms with van der Waals surface area (Å²) < 4.78 is 0.928. The van der Waals surface area contributed by atoms with E-state index in [1.807, 2.05) is 42.8 Å². The van der Waals surface area contributed by atoms with Gasteiger partial charge in [-0.2, -0.15) is 0 Å². The quantitative estimate of drug-likeness (QED) is 0.582. The number of hydrogen-bond acceptors (Lipinski definition) is 4.